The monoisotopic (exact) mass is 349 g/mol. The van der Waals surface area contributed by atoms with Gasteiger partial charge < -0.3 is 9.73 Å². The van der Waals surface area contributed by atoms with Crippen molar-refractivity contribution >= 4 is 32.6 Å². The zero-order chi connectivity index (χ0) is 17.2. The van der Waals surface area contributed by atoms with Gasteiger partial charge in [0.15, 0.2) is 5.13 Å². The van der Waals surface area contributed by atoms with Crippen LogP contribution >= 0.6 is 11.3 Å². The van der Waals surface area contributed by atoms with Crippen molar-refractivity contribution in [3.8, 4) is 11.5 Å². The first kappa shape index (κ1) is 15.5. The fourth-order valence-electron chi connectivity index (χ4n) is 2.51. The van der Waals surface area contributed by atoms with Crippen molar-refractivity contribution in [1.82, 2.24) is 9.97 Å². The first-order chi connectivity index (χ1) is 12.2. The number of fused-ring (bicyclic) bond motifs is 1. The predicted molar refractivity (Wildman–Crippen MR) is 98.6 cm³/mol. The second kappa shape index (κ2) is 6.49. The van der Waals surface area contributed by atoms with Gasteiger partial charge in [-0.05, 0) is 36.8 Å². The number of anilines is 1. The third-order valence-corrected chi connectivity index (χ3v) is 4.64. The Balaban J connectivity index is 1.46. The molecule has 2 heterocycles. The van der Waals surface area contributed by atoms with Crippen molar-refractivity contribution in [2.45, 2.75) is 13.3 Å². The molecule has 0 spiro atoms. The minimum absolute atomic E-state index is 0.144. The zero-order valence-corrected chi connectivity index (χ0v) is 14.3. The topological polar surface area (TPSA) is 68.0 Å². The van der Waals surface area contributed by atoms with Crippen molar-refractivity contribution in [2.24, 2.45) is 0 Å². The van der Waals surface area contributed by atoms with Crippen molar-refractivity contribution < 1.29 is 9.21 Å². The first-order valence-corrected chi connectivity index (χ1v) is 8.66. The van der Waals surface area contributed by atoms with Crippen LogP contribution in [0.25, 0.3) is 21.7 Å². The normalized spacial score (nSPS) is 10.9. The first-order valence-electron chi connectivity index (χ1n) is 7.84. The molecule has 0 aliphatic rings. The van der Waals surface area contributed by atoms with Gasteiger partial charge in [-0.25, -0.2) is 9.97 Å². The van der Waals surface area contributed by atoms with Gasteiger partial charge >= 0.3 is 0 Å². The highest BCUT2D eigenvalue weighted by atomic mass is 32.1. The summed E-state index contributed by atoms with van der Waals surface area (Å²) in [6.45, 7) is 2.03. The maximum Gasteiger partial charge on any atom is 0.232 e. The molecule has 0 saturated carbocycles. The average molecular weight is 349 g/mol. The molecule has 0 saturated heterocycles. The van der Waals surface area contributed by atoms with Gasteiger partial charge in [0.05, 0.1) is 22.3 Å². The molecule has 1 N–H and O–H groups in total. The molecule has 1 amide bonds. The van der Waals surface area contributed by atoms with E-state index in [1.165, 1.54) is 23.2 Å². The van der Waals surface area contributed by atoms with E-state index in [0.717, 1.165) is 15.8 Å². The van der Waals surface area contributed by atoms with Gasteiger partial charge in [-0.3, -0.25) is 4.79 Å². The van der Waals surface area contributed by atoms with E-state index in [1.807, 2.05) is 49.4 Å². The SMILES string of the molecule is Cc1ccc2nc(NC(=O)Cc3coc(-c4ccccc4)n3)sc2c1. The van der Waals surface area contributed by atoms with Gasteiger partial charge in [-0.15, -0.1) is 0 Å². The maximum atomic E-state index is 12.2. The Hall–Kier alpha value is -2.99. The number of nitrogens with zero attached hydrogens (tertiary/aromatic N) is 2. The van der Waals surface area contributed by atoms with Gasteiger partial charge in [-0.1, -0.05) is 35.6 Å². The van der Waals surface area contributed by atoms with Crippen molar-refractivity contribution in [1.29, 1.82) is 0 Å². The number of amides is 1. The Morgan fingerprint density at radius 3 is 2.84 bits per heavy atom. The molecular formula is C19H15N3O2S. The summed E-state index contributed by atoms with van der Waals surface area (Å²) in [5.74, 6) is 0.350. The summed E-state index contributed by atoms with van der Waals surface area (Å²) in [5, 5.41) is 3.43. The van der Waals surface area contributed by atoms with Crippen LogP contribution < -0.4 is 5.32 Å². The summed E-state index contributed by atoms with van der Waals surface area (Å²) < 4.78 is 6.52. The standard InChI is InChI=1S/C19H15N3O2S/c1-12-7-8-15-16(9-12)25-19(21-15)22-17(23)10-14-11-24-18(20-14)13-5-3-2-4-6-13/h2-9,11H,10H2,1H3,(H,21,22,23). The van der Waals surface area contributed by atoms with E-state index < -0.39 is 0 Å². The molecule has 4 aromatic rings. The van der Waals surface area contributed by atoms with Gasteiger partial charge in [0.25, 0.3) is 0 Å². The molecule has 2 aromatic heterocycles. The number of thiazole rings is 1. The van der Waals surface area contributed by atoms with Crippen LogP contribution in [0.2, 0.25) is 0 Å². The number of aromatic nitrogens is 2. The van der Waals surface area contributed by atoms with E-state index in [0.29, 0.717) is 16.7 Å². The van der Waals surface area contributed by atoms with Crippen LogP contribution in [0.4, 0.5) is 5.13 Å². The molecule has 6 heteroatoms. The van der Waals surface area contributed by atoms with Crippen molar-refractivity contribution in [3.63, 3.8) is 0 Å². The van der Waals surface area contributed by atoms with E-state index >= 15 is 0 Å². The highest BCUT2D eigenvalue weighted by Crippen LogP contribution is 2.26. The number of carbonyl (C=O) groups excluding carboxylic acids is 1. The average Bonchev–Trinajstić information content (AvgIpc) is 3.21. The maximum absolute atomic E-state index is 12.2. The van der Waals surface area contributed by atoms with Gasteiger partial charge in [0.1, 0.15) is 6.26 Å². The molecule has 25 heavy (non-hydrogen) atoms. The number of hydrogen-bond donors (Lipinski definition) is 1. The van der Waals surface area contributed by atoms with Crippen LogP contribution in [0.3, 0.4) is 0 Å². The summed E-state index contributed by atoms with van der Waals surface area (Å²) in [4.78, 5) is 21.0. The Labute approximate surface area is 148 Å². The minimum atomic E-state index is -0.163. The van der Waals surface area contributed by atoms with E-state index in [1.54, 1.807) is 0 Å². The third kappa shape index (κ3) is 3.44. The second-order valence-electron chi connectivity index (χ2n) is 5.73. The Kier molecular flexibility index (Phi) is 4.03. The van der Waals surface area contributed by atoms with Gasteiger partial charge in [0.2, 0.25) is 11.8 Å². The van der Waals surface area contributed by atoms with Crippen LogP contribution in [0.1, 0.15) is 11.3 Å². The second-order valence-corrected chi connectivity index (χ2v) is 6.76. The molecular weight excluding hydrogens is 334 g/mol. The Morgan fingerprint density at radius 2 is 2.00 bits per heavy atom. The highest BCUT2D eigenvalue weighted by molar-refractivity contribution is 7.22. The number of hydrogen-bond acceptors (Lipinski definition) is 5. The summed E-state index contributed by atoms with van der Waals surface area (Å²) in [6, 6.07) is 15.6. The number of aryl methyl sites for hydroxylation is 1. The smallest absolute Gasteiger partial charge is 0.232 e. The van der Waals surface area contributed by atoms with Crippen molar-refractivity contribution in [2.75, 3.05) is 5.32 Å². The van der Waals surface area contributed by atoms with Gasteiger partial charge in [0, 0.05) is 5.56 Å². The van der Waals surface area contributed by atoms with Gasteiger partial charge in [-0.2, -0.15) is 0 Å². The quantitative estimate of drug-likeness (QED) is 0.591. The largest absolute Gasteiger partial charge is 0.444 e. The number of carbonyl (C=O) groups is 1. The Morgan fingerprint density at radius 1 is 1.16 bits per heavy atom. The molecule has 5 nitrogen and oxygen atoms in total. The van der Waals surface area contributed by atoms with Crippen LogP contribution in [0, 0.1) is 6.92 Å². The lowest BCUT2D eigenvalue weighted by molar-refractivity contribution is -0.115. The zero-order valence-electron chi connectivity index (χ0n) is 13.5. The third-order valence-electron chi connectivity index (χ3n) is 3.70. The molecule has 0 fully saturated rings. The van der Waals surface area contributed by atoms with E-state index in [9.17, 15) is 4.79 Å². The number of oxazole rings is 1. The molecule has 2 aromatic carbocycles. The lowest BCUT2D eigenvalue weighted by atomic mass is 10.2. The fourth-order valence-corrected chi connectivity index (χ4v) is 3.49. The van der Waals surface area contributed by atoms with Crippen molar-refractivity contribution in [3.05, 3.63) is 66.1 Å². The predicted octanol–water partition coefficient (Wildman–Crippen LogP) is 4.44. The molecule has 0 unspecified atom stereocenters. The molecule has 0 atom stereocenters. The molecule has 0 aliphatic carbocycles. The Bertz CT molecular complexity index is 1040. The fraction of sp³-hybridized carbons (Fsp3) is 0.105. The number of benzene rings is 2. The summed E-state index contributed by atoms with van der Waals surface area (Å²) in [7, 11) is 0. The van der Waals surface area contributed by atoms with Crippen LogP contribution in [-0.2, 0) is 11.2 Å². The number of nitrogens with one attached hydrogen (secondary N) is 1. The lowest BCUT2D eigenvalue weighted by Crippen LogP contribution is -2.14. The van der Waals surface area contributed by atoms with Crippen LogP contribution in [0.5, 0.6) is 0 Å². The summed E-state index contributed by atoms with van der Waals surface area (Å²) in [5.41, 5.74) is 3.53. The highest BCUT2D eigenvalue weighted by Gasteiger charge is 2.12. The van der Waals surface area contributed by atoms with Crippen LogP contribution in [0.15, 0.2) is 59.2 Å². The van der Waals surface area contributed by atoms with Crippen LogP contribution in [-0.4, -0.2) is 15.9 Å². The summed E-state index contributed by atoms with van der Waals surface area (Å²) in [6.07, 6.45) is 1.66. The van der Waals surface area contributed by atoms with E-state index in [4.69, 9.17) is 4.42 Å². The number of rotatable bonds is 4. The minimum Gasteiger partial charge on any atom is -0.444 e. The molecule has 0 aliphatic heterocycles. The lowest BCUT2D eigenvalue weighted by Gasteiger charge is -1.98. The summed E-state index contributed by atoms with van der Waals surface area (Å²) >= 11 is 1.47. The van der Waals surface area contributed by atoms with E-state index in [2.05, 4.69) is 21.4 Å². The van der Waals surface area contributed by atoms with E-state index in [-0.39, 0.29) is 12.3 Å². The molecule has 124 valence electrons. The molecule has 4 rings (SSSR count). The molecule has 0 radical (unpaired) electrons. The molecule has 0 bridgehead atoms.